The minimum atomic E-state index is 0.619. The van der Waals surface area contributed by atoms with Crippen molar-refractivity contribution in [3.05, 3.63) is 65.5 Å². The molecular formula is C25H33N3O. The number of aryl methyl sites for hydroxylation is 1. The number of ether oxygens (including phenoxy) is 1. The lowest BCUT2D eigenvalue weighted by atomic mass is 9.97. The van der Waals surface area contributed by atoms with Crippen molar-refractivity contribution in [2.45, 2.75) is 45.6 Å². The molecule has 1 aliphatic heterocycles. The summed E-state index contributed by atoms with van der Waals surface area (Å²) in [5.74, 6) is 1.82. The van der Waals surface area contributed by atoms with E-state index in [1.807, 2.05) is 0 Å². The maximum absolute atomic E-state index is 5.46. The molecule has 0 bridgehead atoms. The fourth-order valence-electron chi connectivity index (χ4n) is 4.15. The second kappa shape index (κ2) is 9.55. The maximum Gasteiger partial charge on any atom is 0.110 e. The Labute approximate surface area is 174 Å². The van der Waals surface area contributed by atoms with Gasteiger partial charge in [-0.25, -0.2) is 4.98 Å². The van der Waals surface area contributed by atoms with Crippen molar-refractivity contribution in [1.29, 1.82) is 0 Å². The zero-order valence-corrected chi connectivity index (χ0v) is 17.8. The van der Waals surface area contributed by atoms with Gasteiger partial charge in [0.2, 0.25) is 0 Å². The van der Waals surface area contributed by atoms with E-state index in [0.717, 1.165) is 57.8 Å². The van der Waals surface area contributed by atoms with Crippen LogP contribution in [0.2, 0.25) is 0 Å². The molecule has 0 amide bonds. The van der Waals surface area contributed by atoms with E-state index in [1.165, 1.54) is 28.9 Å². The lowest BCUT2D eigenvalue weighted by molar-refractivity contribution is 0.0374. The molecule has 0 aliphatic carbocycles. The standard InChI is InChI=1S/C25H33N3O/c1-3-20(2)22-12-10-21(11-13-22)19-28-24-8-5-4-7-23(24)26-25(28)9-6-14-27-15-17-29-18-16-27/h4-5,7-8,10-13,20H,3,6,9,14-19H2,1-2H3. The van der Waals surface area contributed by atoms with E-state index in [4.69, 9.17) is 9.72 Å². The van der Waals surface area contributed by atoms with Crippen LogP contribution in [0.5, 0.6) is 0 Å². The van der Waals surface area contributed by atoms with Crippen LogP contribution >= 0.6 is 0 Å². The molecule has 2 heterocycles. The first-order valence-corrected chi connectivity index (χ1v) is 11.1. The molecule has 4 rings (SSSR count). The number of hydrogen-bond donors (Lipinski definition) is 0. The summed E-state index contributed by atoms with van der Waals surface area (Å²) < 4.78 is 7.87. The second-order valence-electron chi connectivity index (χ2n) is 8.21. The van der Waals surface area contributed by atoms with E-state index in [0.29, 0.717) is 5.92 Å². The van der Waals surface area contributed by atoms with Gasteiger partial charge in [0, 0.05) is 26.1 Å². The third-order valence-corrected chi connectivity index (χ3v) is 6.21. The fraction of sp³-hybridized carbons (Fsp3) is 0.480. The number of benzene rings is 2. The number of nitrogens with zero attached hydrogens (tertiary/aromatic N) is 3. The van der Waals surface area contributed by atoms with Crippen LogP contribution in [-0.2, 0) is 17.7 Å². The number of hydrogen-bond acceptors (Lipinski definition) is 3. The Bertz CT molecular complexity index is 909. The summed E-state index contributed by atoms with van der Waals surface area (Å²) in [5, 5.41) is 0. The zero-order valence-electron chi connectivity index (χ0n) is 17.8. The number of morpholine rings is 1. The van der Waals surface area contributed by atoms with Crippen LogP contribution in [-0.4, -0.2) is 47.3 Å². The van der Waals surface area contributed by atoms with Gasteiger partial charge < -0.3 is 9.30 Å². The van der Waals surface area contributed by atoms with Crippen LogP contribution in [0.25, 0.3) is 11.0 Å². The van der Waals surface area contributed by atoms with E-state index in [2.05, 4.69) is 71.8 Å². The lowest BCUT2D eigenvalue weighted by Crippen LogP contribution is -2.37. The SMILES string of the molecule is CCC(C)c1ccc(Cn2c(CCCN3CCOCC3)nc3ccccc32)cc1. The Morgan fingerprint density at radius 3 is 2.55 bits per heavy atom. The molecule has 154 valence electrons. The average Bonchev–Trinajstić information content (AvgIpc) is 3.12. The van der Waals surface area contributed by atoms with Crippen molar-refractivity contribution in [3.8, 4) is 0 Å². The molecule has 4 heteroatoms. The maximum atomic E-state index is 5.46. The molecule has 2 aromatic carbocycles. The molecule has 1 aliphatic rings. The van der Waals surface area contributed by atoms with Crippen molar-refractivity contribution < 1.29 is 4.74 Å². The molecule has 0 saturated carbocycles. The van der Waals surface area contributed by atoms with Gasteiger partial charge >= 0.3 is 0 Å². The molecule has 1 saturated heterocycles. The monoisotopic (exact) mass is 391 g/mol. The van der Waals surface area contributed by atoms with Crippen LogP contribution in [0.4, 0.5) is 0 Å². The van der Waals surface area contributed by atoms with Crippen molar-refractivity contribution in [2.24, 2.45) is 0 Å². The summed E-state index contributed by atoms with van der Waals surface area (Å²) in [5.41, 5.74) is 5.11. The highest BCUT2D eigenvalue weighted by Crippen LogP contribution is 2.22. The van der Waals surface area contributed by atoms with Gasteiger partial charge in [-0.15, -0.1) is 0 Å². The van der Waals surface area contributed by atoms with Crippen LogP contribution < -0.4 is 0 Å². The van der Waals surface area contributed by atoms with E-state index in [1.54, 1.807) is 0 Å². The van der Waals surface area contributed by atoms with E-state index in [9.17, 15) is 0 Å². The molecule has 1 aromatic heterocycles. The lowest BCUT2D eigenvalue weighted by Gasteiger charge is -2.26. The summed E-state index contributed by atoms with van der Waals surface area (Å²) in [7, 11) is 0. The molecular weight excluding hydrogens is 358 g/mol. The smallest absolute Gasteiger partial charge is 0.110 e. The van der Waals surface area contributed by atoms with Gasteiger partial charge in [-0.1, -0.05) is 50.2 Å². The van der Waals surface area contributed by atoms with Crippen LogP contribution in [0.15, 0.2) is 48.5 Å². The van der Waals surface area contributed by atoms with E-state index >= 15 is 0 Å². The zero-order chi connectivity index (χ0) is 20.1. The first-order valence-electron chi connectivity index (χ1n) is 11.1. The van der Waals surface area contributed by atoms with Crippen LogP contribution in [0.1, 0.15) is 49.6 Å². The third-order valence-electron chi connectivity index (χ3n) is 6.21. The predicted molar refractivity (Wildman–Crippen MR) is 120 cm³/mol. The van der Waals surface area contributed by atoms with Crippen molar-refractivity contribution in [3.63, 3.8) is 0 Å². The van der Waals surface area contributed by atoms with Crippen molar-refractivity contribution >= 4 is 11.0 Å². The normalized spacial score (nSPS) is 16.3. The average molecular weight is 392 g/mol. The minimum absolute atomic E-state index is 0.619. The Balaban J connectivity index is 1.50. The summed E-state index contributed by atoms with van der Waals surface area (Å²) in [6, 6.07) is 17.7. The number of imidazole rings is 1. The number of para-hydroxylation sites is 2. The summed E-state index contributed by atoms with van der Waals surface area (Å²) in [6.07, 6.45) is 3.33. The highest BCUT2D eigenvalue weighted by Gasteiger charge is 2.14. The summed E-state index contributed by atoms with van der Waals surface area (Å²) in [4.78, 5) is 7.47. The summed E-state index contributed by atoms with van der Waals surface area (Å²) >= 11 is 0. The Morgan fingerprint density at radius 2 is 1.79 bits per heavy atom. The first kappa shape index (κ1) is 20.1. The van der Waals surface area contributed by atoms with Gasteiger partial charge in [-0.05, 0) is 48.6 Å². The van der Waals surface area contributed by atoms with Crippen molar-refractivity contribution in [1.82, 2.24) is 14.5 Å². The Hall–Kier alpha value is -2.17. The third kappa shape index (κ3) is 4.88. The van der Waals surface area contributed by atoms with Crippen LogP contribution in [0, 0.1) is 0 Å². The van der Waals surface area contributed by atoms with Gasteiger partial charge in [0.05, 0.1) is 24.2 Å². The Morgan fingerprint density at radius 1 is 1.03 bits per heavy atom. The second-order valence-corrected chi connectivity index (χ2v) is 8.21. The minimum Gasteiger partial charge on any atom is -0.379 e. The number of aromatic nitrogens is 2. The number of rotatable bonds is 8. The molecule has 3 aromatic rings. The van der Waals surface area contributed by atoms with Crippen molar-refractivity contribution in [2.75, 3.05) is 32.8 Å². The highest BCUT2D eigenvalue weighted by atomic mass is 16.5. The molecule has 1 unspecified atom stereocenters. The van der Waals surface area contributed by atoms with E-state index < -0.39 is 0 Å². The molecule has 1 fully saturated rings. The van der Waals surface area contributed by atoms with Crippen LogP contribution in [0.3, 0.4) is 0 Å². The molecule has 1 atom stereocenters. The Kier molecular flexibility index (Phi) is 6.63. The summed E-state index contributed by atoms with van der Waals surface area (Å²) in [6.45, 7) is 10.4. The molecule has 0 N–H and O–H groups in total. The molecule has 0 spiro atoms. The van der Waals surface area contributed by atoms with Gasteiger partial charge in [0.15, 0.2) is 0 Å². The van der Waals surface area contributed by atoms with Gasteiger partial charge in [-0.2, -0.15) is 0 Å². The molecule has 29 heavy (non-hydrogen) atoms. The largest absolute Gasteiger partial charge is 0.379 e. The van der Waals surface area contributed by atoms with Gasteiger partial charge in [-0.3, -0.25) is 4.90 Å². The number of fused-ring (bicyclic) bond motifs is 1. The first-order chi connectivity index (χ1) is 14.2. The molecule has 0 radical (unpaired) electrons. The topological polar surface area (TPSA) is 30.3 Å². The quantitative estimate of drug-likeness (QED) is 0.549. The molecule has 4 nitrogen and oxygen atoms in total. The highest BCUT2D eigenvalue weighted by molar-refractivity contribution is 5.76. The van der Waals surface area contributed by atoms with Gasteiger partial charge in [0.1, 0.15) is 5.82 Å². The van der Waals surface area contributed by atoms with E-state index in [-0.39, 0.29) is 0 Å². The van der Waals surface area contributed by atoms with Gasteiger partial charge in [0.25, 0.3) is 0 Å². The predicted octanol–water partition coefficient (Wildman–Crippen LogP) is 4.86. The fourth-order valence-corrected chi connectivity index (χ4v) is 4.15.